The smallest absolute Gasteiger partial charge is 0.226 e. The molecule has 0 radical (unpaired) electrons. The number of methoxy groups -OCH3 is 1. The Labute approximate surface area is 157 Å². The fraction of sp³-hybridized carbons (Fsp3) is 0.238. The second-order valence-electron chi connectivity index (χ2n) is 6.47. The number of hydrogen-bond acceptors (Lipinski definition) is 4. The summed E-state index contributed by atoms with van der Waals surface area (Å²) in [5.41, 5.74) is 3.10. The molecule has 0 saturated carbocycles. The first kappa shape index (κ1) is 17.1. The van der Waals surface area contributed by atoms with E-state index in [1.54, 1.807) is 7.11 Å². The summed E-state index contributed by atoms with van der Waals surface area (Å²) >= 11 is 0. The topological polar surface area (TPSA) is 76.2 Å². The van der Waals surface area contributed by atoms with Crippen LogP contribution in [-0.4, -0.2) is 23.2 Å². The van der Waals surface area contributed by atoms with Crippen LogP contribution >= 0.6 is 0 Å². The molecule has 0 saturated heterocycles. The van der Waals surface area contributed by atoms with Gasteiger partial charge in [0.2, 0.25) is 5.91 Å². The Bertz CT molecular complexity index is 980. The number of para-hydroxylation sites is 1. The summed E-state index contributed by atoms with van der Waals surface area (Å²) in [6.45, 7) is 2.10. The standard InChI is InChI=1S/C21H21N3O3/c1-3-13-6-4-5-7-17(13)27-18-9-8-14(10-19(18)26-2)15-11-20(25)23-21-16(15)12-22-24-21/h4-10,12,15H,3,11H2,1-2H3,(H2,22,23,24,25). The number of nitrogens with zero attached hydrogens (tertiary/aromatic N) is 1. The van der Waals surface area contributed by atoms with E-state index in [4.69, 9.17) is 9.47 Å². The second-order valence-corrected chi connectivity index (χ2v) is 6.47. The van der Waals surface area contributed by atoms with Gasteiger partial charge in [0, 0.05) is 24.1 Å². The third-order valence-electron chi connectivity index (χ3n) is 4.86. The van der Waals surface area contributed by atoms with Crippen LogP contribution in [0.4, 0.5) is 5.82 Å². The molecule has 1 aliphatic rings. The van der Waals surface area contributed by atoms with Crippen LogP contribution in [0.3, 0.4) is 0 Å². The van der Waals surface area contributed by atoms with Gasteiger partial charge in [-0.1, -0.05) is 31.2 Å². The average Bonchev–Trinajstić information content (AvgIpc) is 3.16. The number of H-pyrrole nitrogens is 1. The number of carbonyl (C=O) groups is 1. The molecule has 1 aliphatic heterocycles. The molecular weight excluding hydrogens is 342 g/mol. The summed E-state index contributed by atoms with van der Waals surface area (Å²) in [7, 11) is 1.62. The lowest BCUT2D eigenvalue weighted by Crippen LogP contribution is -2.22. The molecule has 1 atom stereocenters. The number of aryl methyl sites for hydroxylation is 1. The van der Waals surface area contributed by atoms with Gasteiger partial charge in [0.1, 0.15) is 5.75 Å². The maximum atomic E-state index is 12.0. The third kappa shape index (κ3) is 3.26. The molecule has 0 spiro atoms. The van der Waals surface area contributed by atoms with Gasteiger partial charge >= 0.3 is 0 Å². The minimum atomic E-state index is -0.0709. The highest BCUT2D eigenvalue weighted by Crippen LogP contribution is 2.40. The number of hydrogen-bond donors (Lipinski definition) is 2. The monoisotopic (exact) mass is 363 g/mol. The Balaban J connectivity index is 1.68. The quantitative estimate of drug-likeness (QED) is 0.711. The Morgan fingerprint density at radius 3 is 2.81 bits per heavy atom. The van der Waals surface area contributed by atoms with Gasteiger partial charge in [-0.3, -0.25) is 9.89 Å². The maximum Gasteiger partial charge on any atom is 0.226 e. The fourth-order valence-corrected chi connectivity index (χ4v) is 3.44. The Morgan fingerprint density at radius 2 is 2.00 bits per heavy atom. The van der Waals surface area contributed by atoms with Crippen LogP contribution in [0.1, 0.15) is 36.0 Å². The molecule has 6 nitrogen and oxygen atoms in total. The molecule has 138 valence electrons. The first-order chi connectivity index (χ1) is 13.2. The average molecular weight is 363 g/mol. The summed E-state index contributed by atoms with van der Waals surface area (Å²) in [6, 6.07) is 13.8. The molecule has 4 rings (SSSR count). The first-order valence-corrected chi connectivity index (χ1v) is 8.96. The van der Waals surface area contributed by atoms with Crippen molar-refractivity contribution < 1.29 is 14.3 Å². The number of aromatic amines is 1. The Kier molecular flexibility index (Phi) is 4.54. The summed E-state index contributed by atoms with van der Waals surface area (Å²) in [5, 5.41) is 9.72. The summed E-state index contributed by atoms with van der Waals surface area (Å²) in [5.74, 6) is 2.58. The first-order valence-electron chi connectivity index (χ1n) is 8.96. The number of aromatic nitrogens is 2. The predicted octanol–water partition coefficient (Wildman–Crippen LogP) is 4.25. The van der Waals surface area contributed by atoms with Gasteiger partial charge in [-0.25, -0.2) is 0 Å². The number of nitrogens with one attached hydrogen (secondary N) is 2. The molecule has 1 unspecified atom stereocenters. The van der Waals surface area contributed by atoms with E-state index in [0.717, 1.165) is 28.9 Å². The Hall–Kier alpha value is -3.28. The maximum absolute atomic E-state index is 12.0. The second kappa shape index (κ2) is 7.15. The largest absolute Gasteiger partial charge is 0.493 e. The Morgan fingerprint density at radius 1 is 1.15 bits per heavy atom. The van der Waals surface area contributed by atoms with Crippen molar-refractivity contribution in [2.24, 2.45) is 0 Å². The van der Waals surface area contributed by atoms with E-state index in [0.29, 0.717) is 23.7 Å². The minimum Gasteiger partial charge on any atom is -0.493 e. The lowest BCUT2D eigenvalue weighted by Gasteiger charge is -2.23. The normalized spacial score (nSPS) is 15.8. The highest BCUT2D eigenvalue weighted by atomic mass is 16.5. The highest BCUT2D eigenvalue weighted by Gasteiger charge is 2.29. The van der Waals surface area contributed by atoms with Crippen molar-refractivity contribution in [1.29, 1.82) is 0 Å². The van der Waals surface area contributed by atoms with E-state index in [1.165, 1.54) is 0 Å². The molecule has 6 heteroatoms. The van der Waals surface area contributed by atoms with Crippen molar-refractivity contribution in [2.75, 3.05) is 12.4 Å². The zero-order chi connectivity index (χ0) is 18.8. The lowest BCUT2D eigenvalue weighted by atomic mass is 9.87. The number of anilines is 1. The van der Waals surface area contributed by atoms with Crippen molar-refractivity contribution in [3.63, 3.8) is 0 Å². The zero-order valence-electron chi connectivity index (χ0n) is 15.3. The number of amides is 1. The summed E-state index contributed by atoms with van der Waals surface area (Å²) < 4.78 is 11.7. The van der Waals surface area contributed by atoms with Crippen LogP contribution in [0.2, 0.25) is 0 Å². The molecule has 1 amide bonds. The minimum absolute atomic E-state index is 0.0456. The van der Waals surface area contributed by atoms with Gasteiger partial charge in [-0.05, 0) is 35.7 Å². The van der Waals surface area contributed by atoms with Crippen molar-refractivity contribution >= 4 is 11.7 Å². The molecule has 0 bridgehead atoms. The molecule has 1 aromatic heterocycles. The molecule has 2 aromatic carbocycles. The molecule has 3 aromatic rings. The molecular formula is C21H21N3O3. The van der Waals surface area contributed by atoms with Crippen molar-refractivity contribution in [3.05, 3.63) is 65.4 Å². The van der Waals surface area contributed by atoms with Gasteiger partial charge in [0.25, 0.3) is 0 Å². The van der Waals surface area contributed by atoms with Gasteiger partial charge < -0.3 is 14.8 Å². The van der Waals surface area contributed by atoms with Gasteiger partial charge in [0.05, 0.1) is 7.11 Å². The number of rotatable bonds is 5. The number of benzene rings is 2. The van der Waals surface area contributed by atoms with Crippen LogP contribution in [0.5, 0.6) is 17.2 Å². The van der Waals surface area contributed by atoms with Gasteiger partial charge in [-0.15, -0.1) is 0 Å². The van der Waals surface area contributed by atoms with E-state index < -0.39 is 0 Å². The number of fused-ring (bicyclic) bond motifs is 1. The number of ether oxygens (including phenoxy) is 2. The van der Waals surface area contributed by atoms with Crippen molar-refractivity contribution in [2.45, 2.75) is 25.7 Å². The van der Waals surface area contributed by atoms with E-state index in [9.17, 15) is 4.79 Å². The van der Waals surface area contributed by atoms with Crippen LogP contribution in [0.15, 0.2) is 48.7 Å². The van der Waals surface area contributed by atoms with Crippen LogP contribution in [0.25, 0.3) is 0 Å². The number of carbonyl (C=O) groups excluding carboxylic acids is 1. The zero-order valence-corrected chi connectivity index (χ0v) is 15.3. The molecule has 2 N–H and O–H groups in total. The molecule has 0 fully saturated rings. The van der Waals surface area contributed by atoms with Gasteiger partial charge in [-0.2, -0.15) is 5.10 Å². The van der Waals surface area contributed by atoms with E-state index in [2.05, 4.69) is 28.5 Å². The molecule has 2 heterocycles. The third-order valence-corrected chi connectivity index (χ3v) is 4.86. The lowest BCUT2D eigenvalue weighted by molar-refractivity contribution is -0.116. The van der Waals surface area contributed by atoms with Crippen LogP contribution in [-0.2, 0) is 11.2 Å². The predicted molar refractivity (Wildman–Crippen MR) is 103 cm³/mol. The van der Waals surface area contributed by atoms with Crippen molar-refractivity contribution in [1.82, 2.24) is 10.2 Å². The molecule has 27 heavy (non-hydrogen) atoms. The van der Waals surface area contributed by atoms with E-state index in [-0.39, 0.29) is 11.8 Å². The van der Waals surface area contributed by atoms with E-state index in [1.807, 2.05) is 42.6 Å². The fourth-order valence-electron chi connectivity index (χ4n) is 3.44. The van der Waals surface area contributed by atoms with Gasteiger partial charge in [0.15, 0.2) is 17.3 Å². The van der Waals surface area contributed by atoms with E-state index >= 15 is 0 Å². The van der Waals surface area contributed by atoms with Crippen molar-refractivity contribution in [3.8, 4) is 17.2 Å². The SMILES string of the molecule is CCc1ccccc1Oc1ccc(C2CC(=O)Nc3n[nH]cc32)cc1OC. The molecule has 0 aliphatic carbocycles. The van der Waals surface area contributed by atoms with Crippen LogP contribution < -0.4 is 14.8 Å². The summed E-state index contributed by atoms with van der Waals surface area (Å²) in [4.78, 5) is 12.0. The van der Waals surface area contributed by atoms with Crippen LogP contribution in [0, 0.1) is 0 Å². The summed E-state index contributed by atoms with van der Waals surface area (Å²) in [6.07, 6.45) is 3.08. The highest BCUT2D eigenvalue weighted by molar-refractivity contribution is 5.94.